The number of hydrogen-bond acceptors (Lipinski definition) is 7. The molecule has 0 aliphatic heterocycles. The van der Waals surface area contributed by atoms with Crippen LogP contribution in [0.2, 0.25) is 0 Å². The van der Waals surface area contributed by atoms with Crippen molar-refractivity contribution in [3.8, 4) is 11.1 Å². The summed E-state index contributed by atoms with van der Waals surface area (Å²) in [5.74, 6) is -4.09. The third-order valence-electron chi connectivity index (χ3n) is 7.29. The number of aromatic nitrogens is 3. The van der Waals surface area contributed by atoms with Crippen LogP contribution in [0, 0.1) is 11.6 Å². The van der Waals surface area contributed by atoms with Gasteiger partial charge in [-0.1, -0.05) is 0 Å². The Bertz CT molecular complexity index is 1640. The second kappa shape index (κ2) is 12.3. The van der Waals surface area contributed by atoms with Gasteiger partial charge in [0, 0.05) is 41.7 Å². The molecule has 2 N–H and O–H groups in total. The second-order valence-electron chi connectivity index (χ2n) is 11.1. The van der Waals surface area contributed by atoms with Gasteiger partial charge in [0.2, 0.25) is 16.0 Å². The van der Waals surface area contributed by atoms with E-state index in [4.69, 9.17) is 0 Å². The van der Waals surface area contributed by atoms with Gasteiger partial charge in [0.15, 0.2) is 11.6 Å². The number of benzene rings is 1. The molecule has 3 unspecified atom stereocenters. The van der Waals surface area contributed by atoms with Crippen LogP contribution in [-0.2, 0) is 10.0 Å². The molecule has 0 radical (unpaired) electrons. The molecule has 1 saturated carbocycles. The van der Waals surface area contributed by atoms with Gasteiger partial charge in [-0.2, -0.15) is 18.2 Å². The number of alkyl halides is 4. The average molecular weight is 635 g/mol. The van der Waals surface area contributed by atoms with Gasteiger partial charge in [-0.15, -0.1) is 0 Å². The molecular weight excluding hydrogens is 602 g/mol. The molecule has 2 aromatic heterocycles. The Hall–Kier alpha value is -3.40. The topological polar surface area (TPSA) is 109 Å². The summed E-state index contributed by atoms with van der Waals surface area (Å²) in [4.78, 5) is 24.2. The molecule has 3 atom stereocenters. The van der Waals surface area contributed by atoms with Crippen molar-refractivity contribution in [2.24, 2.45) is 0 Å². The first-order valence-corrected chi connectivity index (χ1v) is 15.2. The van der Waals surface area contributed by atoms with E-state index in [1.807, 2.05) is 19.0 Å². The molecule has 1 fully saturated rings. The fourth-order valence-corrected chi connectivity index (χ4v) is 6.26. The highest BCUT2D eigenvalue weighted by molar-refractivity contribution is 7.92. The van der Waals surface area contributed by atoms with Crippen LogP contribution in [0.3, 0.4) is 0 Å². The van der Waals surface area contributed by atoms with Crippen LogP contribution in [-0.4, -0.2) is 72.1 Å². The molecule has 4 rings (SSSR count). The largest absolute Gasteiger partial charge is 0.390 e. The van der Waals surface area contributed by atoms with Crippen molar-refractivity contribution in [2.75, 3.05) is 29.9 Å². The maximum Gasteiger partial charge on any atom is 0.390 e. The summed E-state index contributed by atoms with van der Waals surface area (Å²) in [5, 5.41) is 3.49. The summed E-state index contributed by atoms with van der Waals surface area (Å²) in [6.45, 7) is 3.41. The summed E-state index contributed by atoms with van der Waals surface area (Å²) >= 11 is 0. The SMILES string of the molecule is CC(C)n1c(=O)c(-c2cc(F)c(NS(=O)(=O)CCC(F)(F)F)c(F)c2)cc2cnc(NC3CCC(N(C)C)C(F)C3)nc21. The van der Waals surface area contributed by atoms with Gasteiger partial charge in [-0.25, -0.2) is 26.6 Å². The lowest BCUT2D eigenvalue weighted by Gasteiger charge is -2.35. The molecule has 1 aliphatic rings. The highest BCUT2D eigenvalue weighted by Gasteiger charge is 2.33. The molecule has 16 heteroatoms. The van der Waals surface area contributed by atoms with Gasteiger partial charge in [0.05, 0.1) is 12.2 Å². The summed E-state index contributed by atoms with van der Waals surface area (Å²) in [7, 11) is -1.07. The Morgan fingerprint density at radius 1 is 1.12 bits per heavy atom. The fourth-order valence-electron chi connectivity index (χ4n) is 5.15. The molecule has 1 aromatic carbocycles. The van der Waals surface area contributed by atoms with Crippen molar-refractivity contribution in [3.63, 3.8) is 0 Å². The van der Waals surface area contributed by atoms with E-state index in [9.17, 15) is 39.6 Å². The predicted octanol–water partition coefficient (Wildman–Crippen LogP) is 5.24. The van der Waals surface area contributed by atoms with E-state index < -0.39 is 63.5 Å². The number of sulfonamides is 1. The highest BCUT2D eigenvalue weighted by Crippen LogP contribution is 2.31. The van der Waals surface area contributed by atoms with Crippen molar-refractivity contribution in [1.29, 1.82) is 0 Å². The minimum absolute atomic E-state index is 0.142. The first-order chi connectivity index (χ1) is 20.0. The Kier molecular flexibility index (Phi) is 9.30. The maximum atomic E-state index is 14.9. The van der Waals surface area contributed by atoms with Crippen molar-refractivity contribution in [1.82, 2.24) is 19.4 Å². The fraction of sp³-hybridized carbons (Fsp3) is 0.519. The average Bonchev–Trinajstić information content (AvgIpc) is 2.88. The van der Waals surface area contributed by atoms with E-state index in [1.54, 1.807) is 13.8 Å². The summed E-state index contributed by atoms with van der Waals surface area (Å²) in [6, 6.07) is 1.90. The summed E-state index contributed by atoms with van der Waals surface area (Å²) in [5.41, 5.74) is -1.96. The van der Waals surface area contributed by atoms with Crippen LogP contribution < -0.4 is 15.6 Å². The minimum atomic E-state index is -4.79. The second-order valence-corrected chi connectivity index (χ2v) is 12.9. The van der Waals surface area contributed by atoms with Gasteiger partial charge < -0.3 is 10.2 Å². The third kappa shape index (κ3) is 7.58. The number of halogens is 6. The predicted molar refractivity (Wildman–Crippen MR) is 151 cm³/mol. The molecule has 2 heterocycles. The Morgan fingerprint density at radius 2 is 1.77 bits per heavy atom. The number of anilines is 2. The van der Waals surface area contributed by atoms with Crippen LogP contribution in [0.25, 0.3) is 22.2 Å². The molecule has 9 nitrogen and oxygen atoms in total. The molecule has 0 amide bonds. The van der Waals surface area contributed by atoms with E-state index >= 15 is 0 Å². The van der Waals surface area contributed by atoms with E-state index in [0.29, 0.717) is 30.4 Å². The van der Waals surface area contributed by atoms with Crippen LogP contribution >= 0.6 is 0 Å². The number of hydrogen-bond donors (Lipinski definition) is 2. The van der Waals surface area contributed by atoms with E-state index in [1.165, 1.54) is 21.6 Å². The lowest BCUT2D eigenvalue weighted by atomic mass is 9.89. The van der Waals surface area contributed by atoms with Crippen LogP contribution in [0.4, 0.5) is 38.0 Å². The van der Waals surface area contributed by atoms with Crippen molar-refractivity contribution in [3.05, 3.63) is 46.4 Å². The molecule has 0 bridgehead atoms. The van der Waals surface area contributed by atoms with Crippen molar-refractivity contribution < 1.29 is 34.8 Å². The Balaban J connectivity index is 1.66. The molecular formula is C27H32F6N6O3S. The standard InChI is InChI=1S/C27H32F6N6O3S/c1-14(2)39-24-16(13-34-26(36-24)35-17-5-6-22(38(3)4)19(28)12-17)9-18(25(39)40)15-10-20(29)23(21(30)11-15)37-43(41,42)8-7-27(31,32)33/h9-11,13-14,17,19,22,37H,5-8,12H2,1-4H3,(H,34,35,36). The van der Waals surface area contributed by atoms with Crippen LogP contribution in [0.1, 0.15) is 45.6 Å². The number of fused-ring (bicyclic) bond motifs is 1. The van der Waals surface area contributed by atoms with E-state index in [-0.39, 0.29) is 41.2 Å². The summed E-state index contributed by atoms with van der Waals surface area (Å²) < 4.78 is 109. The quantitative estimate of drug-likeness (QED) is 0.310. The first kappa shape index (κ1) is 32.5. The smallest absolute Gasteiger partial charge is 0.351 e. The zero-order valence-electron chi connectivity index (χ0n) is 23.8. The van der Waals surface area contributed by atoms with Gasteiger partial charge >= 0.3 is 6.18 Å². The van der Waals surface area contributed by atoms with Gasteiger partial charge in [-0.3, -0.25) is 14.1 Å². The maximum absolute atomic E-state index is 14.9. The molecule has 3 aromatic rings. The number of nitrogens with zero attached hydrogens (tertiary/aromatic N) is 4. The molecule has 0 spiro atoms. The zero-order chi connectivity index (χ0) is 31.9. The number of rotatable bonds is 9. The van der Waals surface area contributed by atoms with Gasteiger partial charge in [-0.05, 0) is 64.5 Å². The van der Waals surface area contributed by atoms with Gasteiger partial charge in [0.1, 0.15) is 17.5 Å². The van der Waals surface area contributed by atoms with E-state index in [2.05, 4.69) is 15.3 Å². The van der Waals surface area contributed by atoms with Gasteiger partial charge in [0.25, 0.3) is 5.56 Å². The lowest BCUT2D eigenvalue weighted by molar-refractivity contribution is -0.129. The van der Waals surface area contributed by atoms with Crippen molar-refractivity contribution in [2.45, 2.75) is 70.0 Å². The molecule has 236 valence electrons. The monoisotopic (exact) mass is 634 g/mol. The lowest BCUT2D eigenvalue weighted by Crippen LogP contribution is -2.44. The first-order valence-electron chi connectivity index (χ1n) is 13.5. The third-order valence-corrected chi connectivity index (χ3v) is 8.55. The van der Waals surface area contributed by atoms with E-state index in [0.717, 1.165) is 0 Å². The Morgan fingerprint density at radius 3 is 2.33 bits per heavy atom. The number of pyridine rings is 1. The van der Waals surface area contributed by atoms with Crippen LogP contribution in [0.15, 0.2) is 29.2 Å². The minimum Gasteiger partial charge on any atom is -0.351 e. The van der Waals surface area contributed by atoms with Crippen molar-refractivity contribution >= 4 is 32.7 Å². The van der Waals surface area contributed by atoms with Crippen LogP contribution in [0.5, 0.6) is 0 Å². The zero-order valence-corrected chi connectivity index (χ0v) is 24.7. The summed E-state index contributed by atoms with van der Waals surface area (Å²) in [6.07, 6.45) is -4.53. The molecule has 1 aliphatic carbocycles. The number of nitrogens with one attached hydrogen (secondary N) is 2. The highest BCUT2D eigenvalue weighted by atomic mass is 32.2. The normalized spacial score (nSPS) is 19.8. The molecule has 0 saturated heterocycles. The Labute approximate surface area is 244 Å². The molecule has 43 heavy (non-hydrogen) atoms.